The van der Waals surface area contributed by atoms with Crippen LogP contribution >= 0.6 is 7.37 Å². The van der Waals surface area contributed by atoms with Crippen molar-refractivity contribution in [2.24, 2.45) is 0 Å². The maximum absolute atomic E-state index is 11.8. The molecule has 0 radical (unpaired) electrons. The summed E-state index contributed by atoms with van der Waals surface area (Å²) in [5.41, 5.74) is 0.0812. The molecule has 1 aromatic rings. The zero-order valence-electron chi connectivity index (χ0n) is 12.6. The summed E-state index contributed by atoms with van der Waals surface area (Å²) in [5.74, 6) is -0.176. The highest BCUT2D eigenvalue weighted by molar-refractivity contribution is 7.58. The molecule has 0 bridgehead atoms. The number of rotatable bonds is 5. The van der Waals surface area contributed by atoms with Gasteiger partial charge in [0.05, 0.1) is 0 Å². The van der Waals surface area contributed by atoms with E-state index in [2.05, 4.69) is 19.2 Å². The highest BCUT2D eigenvalue weighted by atomic mass is 31.2. The van der Waals surface area contributed by atoms with Crippen molar-refractivity contribution in [2.75, 3.05) is 19.3 Å². The normalized spacial score (nSPS) is 16.5. The van der Waals surface area contributed by atoms with Crippen LogP contribution in [0.15, 0.2) is 24.3 Å². The molecule has 2 unspecified atom stereocenters. The first-order valence-electron chi connectivity index (χ1n) is 6.78. The summed E-state index contributed by atoms with van der Waals surface area (Å²) in [7, 11) is -3.73. The molecule has 0 heterocycles. The molecule has 0 aliphatic heterocycles. The fourth-order valence-electron chi connectivity index (χ4n) is 1.62. The van der Waals surface area contributed by atoms with Gasteiger partial charge in [0, 0.05) is 11.7 Å². The van der Waals surface area contributed by atoms with Gasteiger partial charge in [0.1, 0.15) is 5.75 Å². The van der Waals surface area contributed by atoms with Gasteiger partial charge in [-0.3, -0.25) is 4.57 Å². The maximum Gasteiger partial charge on any atom is 0.235 e. The Morgan fingerprint density at radius 3 is 2.05 bits per heavy atom. The number of phenols is 1. The van der Waals surface area contributed by atoms with E-state index in [4.69, 9.17) is 0 Å². The van der Waals surface area contributed by atoms with E-state index < -0.39 is 12.7 Å². The number of hydrogen-bond donors (Lipinski definition) is 4. The molecule has 6 heteroatoms. The van der Waals surface area contributed by atoms with Crippen LogP contribution in [0.2, 0.25) is 0 Å². The zero-order chi connectivity index (χ0) is 15.8. The largest absolute Gasteiger partial charge is 0.508 e. The molecule has 0 aromatic heterocycles. The lowest BCUT2D eigenvalue weighted by molar-refractivity contribution is 0.125. The van der Waals surface area contributed by atoms with Crippen molar-refractivity contribution in [3.8, 4) is 5.75 Å². The van der Waals surface area contributed by atoms with Crippen LogP contribution < -0.4 is 5.32 Å². The lowest BCUT2D eigenvalue weighted by Gasteiger charge is -2.29. The predicted molar refractivity (Wildman–Crippen MR) is 82.3 cm³/mol. The van der Waals surface area contributed by atoms with Crippen molar-refractivity contribution in [1.82, 2.24) is 5.32 Å². The Labute approximate surface area is 121 Å². The van der Waals surface area contributed by atoms with E-state index in [0.717, 1.165) is 13.1 Å². The molecule has 5 nitrogen and oxygen atoms in total. The van der Waals surface area contributed by atoms with Crippen LogP contribution in [-0.4, -0.2) is 34.4 Å². The summed E-state index contributed by atoms with van der Waals surface area (Å²) in [6.45, 7) is 9.15. The van der Waals surface area contributed by atoms with Crippen molar-refractivity contribution < 1.29 is 19.7 Å². The monoisotopic (exact) mass is 303 g/mol. The second kappa shape index (κ2) is 8.42. The van der Waals surface area contributed by atoms with Gasteiger partial charge in [0.15, 0.2) is 5.34 Å². The van der Waals surface area contributed by atoms with E-state index in [0.29, 0.717) is 0 Å². The summed E-state index contributed by atoms with van der Waals surface area (Å²) in [6, 6.07) is 6.00. The number of benzene rings is 1. The highest BCUT2D eigenvalue weighted by Crippen LogP contribution is 2.59. The van der Waals surface area contributed by atoms with E-state index in [9.17, 15) is 19.7 Å². The van der Waals surface area contributed by atoms with Crippen molar-refractivity contribution in [2.45, 2.75) is 33.0 Å². The minimum Gasteiger partial charge on any atom is -0.508 e. The molecule has 20 heavy (non-hydrogen) atoms. The standard InChI is InChI=1S/C10H15O4P.C4H11N/c1-3-15(13,14)10(2,12)8-6-4-5-7-9(8)11;1-3-5-4-2/h4-7,11-12H,3H2,1-2H3,(H,13,14);5H,3-4H2,1-2H3. The molecule has 1 rings (SSSR count). The van der Waals surface area contributed by atoms with E-state index in [1.165, 1.54) is 26.0 Å². The number of nitrogens with one attached hydrogen (secondary N) is 1. The average molecular weight is 303 g/mol. The Morgan fingerprint density at radius 2 is 1.70 bits per heavy atom. The van der Waals surface area contributed by atoms with Gasteiger partial charge in [-0.1, -0.05) is 39.0 Å². The molecule has 0 saturated carbocycles. The second-order valence-electron chi connectivity index (χ2n) is 4.51. The minimum absolute atomic E-state index is 0.0473. The summed E-state index contributed by atoms with van der Waals surface area (Å²) in [6.07, 6.45) is -0.0473. The zero-order valence-corrected chi connectivity index (χ0v) is 13.5. The van der Waals surface area contributed by atoms with E-state index in [1.807, 2.05) is 0 Å². The van der Waals surface area contributed by atoms with E-state index in [1.54, 1.807) is 12.1 Å². The van der Waals surface area contributed by atoms with Gasteiger partial charge < -0.3 is 20.4 Å². The molecule has 116 valence electrons. The number of aromatic hydroxyl groups is 1. The number of phenolic OH excluding ortho intramolecular Hbond substituents is 1. The van der Waals surface area contributed by atoms with Crippen LogP contribution in [0.4, 0.5) is 0 Å². The molecular formula is C14H26NO4P. The SMILES string of the molecule is CCNCC.CCP(=O)(O)C(C)(O)c1ccccc1O. The Bertz CT molecular complexity index is 447. The van der Waals surface area contributed by atoms with Crippen molar-refractivity contribution in [3.05, 3.63) is 29.8 Å². The molecular weight excluding hydrogens is 277 g/mol. The first-order chi connectivity index (χ1) is 9.24. The minimum atomic E-state index is -3.73. The molecule has 0 spiro atoms. The molecule has 0 fully saturated rings. The summed E-state index contributed by atoms with van der Waals surface area (Å²) >= 11 is 0. The van der Waals surface area contributed by atoms with Crippen LogP contribution in [0.25, 0.3) is 0 Å². The van der Waals surface area contributed by atoms with Crippen LogP contribution in [0.5, 0.6) is 5.75 Å². The van der Waals surface area contributed by atoms with Crippen LogP contribution in [0.1, 0.15) is 33.3 Å². The quantitative estimate of drug-likeness (QED) is 0.627. The van der Waals surface area contributed by atoms with Crippen LogP contribution in [-0.2, 0) is 9.91 Å². The van der Waals surface area contributed by atoms with Gasteiger partial charge in [-0.05, 0) is 26.1 Å². The molecule has 0 aliphatic rings. The van der Waals surface area contributed by atoms with Gasteiger partial charge >= 0.3 is 0 Å². The lowest BCUT2D eigenvalue weighted by atomic mass is 10.1. The summed E-state index contributed by atoms with van der Waals surface area (Å²) in [5, 5.41) is 20.7. The summed E-state index contributed by atoms with van der Waals surface area (Å²) < 4.78 is 11.8. The van der Waals surface area contributed by atoms with Crippen LogP contribution in [0, 0.1) is 0 Å². The topological polar surface area (TPSA) is 89.8 Å². The van der Waals surface area contributed by atoms with Crippen molar-refractivity contribution >= 4 is 7.37 Å². The highest BCUT2D eigenvalue weighted by Gasteiger charge is 2.42. The molecule has 0 aliphatic carbocycles. The molecule has 1 aromatic carbocycles. The van der Waals surface area contributed by atoms with E-state index in [-0.39, 0.29) is 17.5 Å². The average Bonchev–Trinajstić information content (AvgIpc) is 2.40. The Morgan fingerprint density at radius 1 is 1.20 bits per heavy atom. The maximum atomic E-state index is 11.8. The van der Waals surface area contributed by atoms with Gasteiger partial charge in [-0.2, -0.15) is 0 Å². The third-order valence-corrected chi connectivity index (χ3v) is 5.48. The lowest BCUT2D eigenvalue weighted by Crippen LogP contribution is -2.22. The fraction of sp³-hybridized carbons (Fsp3) is 0.571. The summed E-state index contributed by atoms with van der Waals surface area (Å²) in [4.78, 5) is 9.62. The van der Waals surface area contributed by atoms with Gasteiger partial charge in [0.2, 0.25) is 7.37 Å². The molecule has 0 amide bonds. The van der Waals surface area contributed by atoms with Crippen molar-refractivity contribution in [1.29, 1.82) is 0 Å². The molecule has 0 saturated heterocycles. The third-order valence-electron chi connectivity index (χ3n) is 3.02. The Hall–Kier alpha value is -0.870. The predicted octanol–water partition coefficient (Wildman–Crippen LogP) is 2.46. The van der Waals surface area contributed by atoms with E-state index >= 15 is 0 Å². The van der Waals surface area contributed by atoms with Gasteiger partial charge in [-0.15, -0.1) is 0 Å². The number of para-hydroxylation sites is 1. The fourth-order valence-corrected chi connectivity index (χ4v) is 2.80. The molecule has 4 N–H and O–H groups in total. The second-order valence-corrected chi connectivity index (χ2v) is 7.42. The van der Waals surface area contributed by atoms with Crippen molar-refractivity contribution in [3.63, 3.8) is 0 Å². The number of hydrogen-bond acceptors (Lipinski definition) is 4. The molecule has 2 atom stereocenters. The van der Waals surface area contributed by atoms with Gasteiger partial charge in [-0.25, -0.2) is 0 Å². The Balaban J connectivity index is 0.000000621. The smallest absolute Gasteiger partial charge is 0.235 e. The van der Waals surface area contributed by atoms with Gasteiger partial charge in [0.25, 0.3) is 0 Å². The number of aliphatic hydroxyl groups is 1. The van der Waals surface area contributed by atoms with Crippen LogP contribution in [0.3, 0.4) is 0 Å². The Kier molecular flexibility index (Phi) is 8.06. The first kappa shape index (κ1) is 19.1. The first-order valence-corrected chi connectivity index (χ1v) is 8.62. The third kappa shape index (κ3) is 4.91.